The maximum absolute atomic E-state index is 11.6. The number of carboxylic acid groups (broad SMARTS) is 1. The van der Waals surface area contributed by atoms with Crippen molar-refractivity contribution in [3.8, 4) is 0 Å². The maximum Gasteiger partial charge on any atom is 0.326 e. The molecule has 6 heteroatoms. The molecule has 1 amide bonds. The summed E-state index contributed by atoms with van der Waals surface area (Å²) in [6.45, 7) is 0.484. The average Bonchev–Trinajstić information content (AvgIpc) is 2.37. The van der Waals surface area contributed by atoms with Crippen LogP contribution in [0.15, 0.2) is 0 Å². The van der Waals surface area contributed by atoms with Gasteiger partial charge in [0.15, 0.2) is 0 Å². The van der Waals surface area contributed by atoms with Gasteiger partial charge in [-0.25, -0.2) is 4.79 Å². The summed E-state index contributed by atoms with van der Waals surface area (Å²) in [7, 11) is 0. The van der Waals surface area contributed by atoms with Crippen LogP contribution in [0.2, 0.25) is 0 Å². The van der Waals surface area contributed by atoms with Crippen LogP contribution < -0.4 is 5.32 Å². The zero-order chi connectivity index (χ0) is 13.4. The fraction of sp³-hybridized carbons (Fsp3) is 0.833. The fourth-order valence-corrected chi connectivity index (χ4v) is 1.98. The van der Waals surface area contributed by atoms with E-state index in [1.54, 1.807) is 0 Å². The van der Waals surface area contributed by atoms with E-state index < -0.39 is 12.0 Å². The number of aliphatic hydroxyl groups is 1. The average molecular weight is 259 g/mol. The van der Waals surface area contributed by atoms with Crippen LogP contribution in [0.5, 0.6) is 0 Å². The normalized spacial score (nSPS) is 21.3. The van der Waals surface area contributed by atoms with Gasteiger partial charge in [-0.2, -0.15) is 0 Å². The molecule has 0 aromatic heterocycles. The van der Waals surface area contributed by atoms with Gasteiger partial charge in [-0.05, 0) is 25.7 Å². The molecule has 3 N–H and O–H groups in total. The highest BCUT2D eigenvalue weighted by Gasteiger charge is 2.20. The van der Waals surface area contributed by atoms with Crippen molar-refractivity contribution >= 4 is 11.9 Å². The summed E-state index contributed by atoms with van der Waals surface area (Å²) in [6, 6.07) is -1.00. The fourth-order valence-electron chi connectivity index (χ4n) is 1.98. The third kappa shape index (κ3) is 5.46. The number of carboxylic acids is 1. The predicted molar refractivity (Wildman–Crippen MR) is 64.1 cm³/mol. The van der Waals surface area contributed by atoms with Crippen LogP contribution in [0, 0.1) is 0 Å². The lowest BCUT2D eigenvalue weighted by Gasteiger charge is -2.22. The summed E-state index contributed by atoms with van der Waals surface area (Å²) in [4.78, 5) is 22.3. The molecule has 1 aliphatic heterocycles. The number of aliphatic carboxylic acids is 1. The molecule has 0 aromatic rings. The first-order chi connectivity index (χ1) is 8.63. The standard InChI is InChI=1S/C12H21NO5/c14-7-6-10(12(16)17)13-11(15)5-4-9-3-1-2-8-18-9/h9-10,14H,1-8H2,(H,13,15)(H,16,17)/t9?,10-/m0/s1. The van der Waals surface area contributed by atoms with Crippen LogP contribution in [0.4, 0.5) is 0 Å². The SMILES string of the molecule is O=C(CCC1CCCCO1)N[C@@H](CCO)C(=O)O. The summed E-state index contributed by atoms with van der Waals surface area (Å²) < 4.78 is 5.49. The molecule has 1 fully saturated rings. The number of rotatable bonds is 7. The van der Waals surface area contributed by atoms with Gasteiger partial charge in [0.25, 0.3) is 0 Å². The molecule has 0 aliphatic carbocycles. The number of hydrogen-bond acceptors (Lipinski definition) is 4. The van der Waals surface area contributed by atoms with E-state index in [2.05, 4.69) is 5.32 Å². The summed E-state index contributed by atoms with van der Waals surface area (Å²) in [5.74, 6) is -1.42. The molecule has 6 nitrogen and oxygen atoms in total. The smallest absolute Gasteiger partial charge is 0.326 e. The van der Waals surface area contributed by atoms with Gasteiger partial charge in [0.2, 0.25) is 5.91 Å². The molecular formula is C12H21NO5. The molecule has 0 saturated carbocycles. The minimum absolute atomic E-state index is 0.0288. The quantitative estimate of drug-likeness (QED) is 0.610. The Morgan fingerprint density at radius 1 is 1.39 bits per heavy atom. The first kappa shape index (κ1) is 14.9. The summed E-state index contributed by atoms with van der Waals surface area (Å²) >= 11 is 0. The van der Waals surface area contributed by atoms with E-state index in [0.29, 0.717) is 6.42 Å². The highest BCUT2D eigenvalue weighted by atomic mass is 16.5. The highest BCUT2D eigenvalue weighted by molar-refractivity contribution is 5.83. The van der Waals surface area contributed by atoms with Crippen molar-refractivity contribution < 1.29 is 24.5 Å². The zero-order valence-electron chi connectivity index (χ0n) is 10.4. The van der Waals surface area contributed by atoms with Crippen molar-refractivity contribution in [1.82, 2.24) is 5.32 Å². The molecule has 1 rings (SSSR count). The zero-order valence-corrected chi connectivity index (χ0v) is 10.4. The molecular weight excluding hydrogens is 238 g/mol. The van der Waals surface area contributed by atoms with Crippen molar-refractivity contribution in [2.45, 2.75) is 50.7 Å². The Balaban J connectivity index is 2.24. The third-order valence-corrected chi connectivity index (χ3v) is 3.02. The number of amides is 1. The number of aliphatic hydroxyl groups excluding tert-OH is 1. The van der Waals surface area contributed by atoms with E-state index in [9.17, 15) is 9.59 Å². The molecule has 0 aromatic carbocycles. The Kier molecular flexibility index (Phi) is 6.67. The lowest BCUT2D eigenvalue weighted by molar-refractivity contribution is -0.142. The molecule has 0 radical (unpaired) electrons. The predicted octanol–water partition coefficient (Wildman–Crippen LogP) is 0.287. The van der Waals surface area contributed by atoms with E-state index in [4.69, 9.17) is 14.9 Å². The van der Waals surface area contributed by atoms with Gasteiger partial charge in [-0.3, -0.25) is 4.79 Å². The van der Waals surface area contributed by atoms with Gasteiger partial charge >= 0.3 is 5.97 Å². The van der Waals surface area contributed by atoms with E-state index in [1.165, 1.54) is 0 Å². The lowest BCUT2D eigenvalue weighted by Crippen LogP contribution is -2.41. The Morgan fingerprint density at radius 2 is 2.17 bits per heavy atom. The first-order valence-corrected chi connectivity index (χ1v) is 6.38. The van der Waals surface area contributed by atoms with Crippen molar-refractivity contribution in [2.75, 3.05) is 13.2 Å². The first-order valence-electron chi connectivity index (χ1n) is 6.38. The molecule has 1 saturated heterocycles. The number of nitrogens with one attached hydrogen (secondary N) is 1. The van der Waals surface area contributed by atoms with Crippen LogP contribution in [-0.4, -0.2) is 47.4 Å². The largest absolute Gasteiger partial charge is 0.480 e. The van der Waals surface area contributed by atoms with Crippen molar-refractivity contribution in [3.05, 3.63) is 0 Å². The molecule has 104 valence electrons. The van der Waals surface area contributed by atoms with Crippen LogP contribution >= 0.6 is 0 Å². The van der Waals surface area contributed by atoms with Crippen LogP contribution in [0.3, 0.4) is 0 Å². The molecule has 2 atom stereocenters. The van der Waals surface area contributed by atoms with Crippen molar-refractivity contribution in [2.24, 2.45) is 0 Å². The Hall–Kier alpha value is -1.14. The van der Waals surface area contributed by atoms with Crippen LogP contribution in [0.25, 0.3) is 0 Å². The molecule has 18 heavy (non-hydrogen) atoms. The van der Waals surface area contributed by atoms with Gasteiger partial charge < -0.3 is 20.3 Å². The number of carbonyl (C=O) groups excluding carboxylic acids is 1. The Labute approximate surface area is 106 Å². The highest BCUT2D eigenvalue weighted by Crippen LogP contribution is 2.16. The minimum atomic E-state index is -1.12. The van der Waals surface area contributed by atoms with Gasteiger partial charge in [-0.1, -0.05) is 0 Å². The van der Waals surface area contributed by atoms with E-state index in [1.807, 2.05) is 0 Å². The van der Waals surface area contributed by atoms with Crippen molar-refractivity contribution in [3.63, 3.8) is 0 Å². The number of hydrogen-bond donors (Lipinski definition) is 3. The lowest BCUT2D eigenvalue weighted by atomic mass is 10.0. The number of carbonyl (C=O) groups is 2. The summed E-state index contributed by atoms with van der Waals surface area (Å²) in [5.41, 5.74) is 0. The topological polar surface area (TPSA) is 95.9 Å². The molecule has 1 unspecified atom stereocenters. The Morgan fingerprint density at radius 3 is 2.72 bits per heavy atom. The summed E-state index contributed by atoms with van der Waals surface area (Å²) in [6.07, 6.45) is 4.19. The second-order valence-electron chi connectivity index (χ2n) is 4.50. The second-order valence-corrected chi connectivity index (χ2v) is 4.50. The summed E-state index contributed by atoms with van der Waals surface area (Å²) in [5, 5.41) is 19.9. The molecule has 1 heterocycles. The van der Waals surface area contributed by atoms with Gasteiger partial charge in [0, 0.05) is 26.1 Å². The van der Waals surface area contributed by atoms with Gasteiger partial charge in [0.1, 0.15) is 6.04 Å². The van der Waals surface area contributed by atoms with Crippen molar-refractivity contribution in [1.29, 1.82) is 0 Å². The van der Waals surface area contributed by atoms with Crippen LogP contribution in [0.1, 0.15) is 38.5 Å². The van der Waals surface area contributed by atoms with Crippen LogP contribution in [-0.2, 0) is 14.3 Å². The van der Waals surface area contributed by atoms with Gasteiger partial charge in [0.05, 0.1) is 6.10 Å². The second kappa shape index (κ2) is 8.05. The maximum atomic E-state index is 11.6. The monoisotopic (exact) mass is 259 g/mol. The van der Waals surface area contributed by atoms with Gasteiger partial charge in [-0.15, -0.1) is 0 Å². The minimum Gasteiger partial charge on any atom is -0.480 e. The van der Waals surface area contributed by atoms with E-state index >= 15 is 0 Å². The molecule has 1 aliphatic rings. The molecule has 0 spiro atoms. The number of ether oxygens (including phenoxy) is 1. The third-order valence-electron chi connectivity index (χ3n) is 3.02. The van der Waals surface area contributed by atoms with E-state index in [0.717, 1.165) is 25.9 Å². The van der Waals surface area contributed by atoms with E-state index in [-0.39, 0.29) is 31.5 Å². The Bertz CT molecular complexity index is 276. The molecule has 0 bridgehead atoms.